The molecule has 0 bridgehead atoms. The predicted molar refractivity (Wildman–Crippen MR) is 57.5 cm³/mol. The van der Waals surface area contributed by atoms with Crippen LogP contribution in [0.2, 0.25) is 0 Å². The van der Waals surface area contributed by atoms with E-state index in [0.29, 0.717) is 0 Å². The highest BCUT2D eigenvalue weighted by Gasteiger charge is 2.01. The molecular formula is C10H17N3. The number of nitrogens with zero attached hydrogens (tertiary/aromatic N) is 2. The maximum absolute atomic E-state index is 4.34. The van der Waals surface area contributed by atoms with E-state index < -0.39 is 0 Å². The molecule has 0 unspecified atom stereocenters. The molecule has 0 aliphatic carbocycles. The molecule has 0 aliphatic rings. The van der Waals surface area contributed by atoms with Crippen molar-refractivity contribution in [1.29, 1.82) is 0 Å². The van der Waals surface area contributed by atoms with Crippen LogP contribution in [0.15, 0.2) is 12.3 Å². The SMILES string of the molecule is CCNc1ncc(N(C)C)cc1C. The van der Waals surface area contributed by atoms with E-state index in [0.717, 1.165) is 18.1 Å². The Kier molecular flexibility index (Phi) is 3.12. The summed E-state index contributed by atoms with van der Waals surface area (Å²) in [4.78, 5) is 6.39. The summed E-state index contributed by atoms with van der Waals surface area (Å²) < 4.78 is 0. The van der Waals surface area contributed by atoms with Crippen molar-refractivity contribution in [3.63, 3.8) is 0 Å². The van der Waals surface area contributed by atoms with Gasteiger partial charge in [0.05, 0.1) is 11.9 Å². The molecule has 0 saturated carbocycles. The number of aromatic nitrogens is 1. The van der Waals surface area contributed by atoms with Gasteiger partial charge in [0.2, 0.25) is 0 Å². The van der Waals surface area contributed by atoms with E-state index in [4.69, 9.17) is 0 Å². The van der Waals surface area contributed by atoms with Gasteiger partial charge in [-0.15, -0.1) is 0 Å². The summed E-state index contributed by atoms with van der Waals surface area (Å²) in [6, 6.07) is 2.13. The van der Waals surface area contributed by atoms with Crippen molar-refractivity contribution in [2.24, 2.45) is 0 Å². The predicted octanol–water partition coefficient (Wildman–Crippen LogP) is 1.89. The van der Waals surface area contributed by atoms with E-state index in [1.807, 2.05) is 20.3 Å². The molecule has 1 heterocycles. The number of nitrogens with one attached hydrogen (secondary N) is 1. The monoisotopic (exact) mass is 179 g/mol. The first kappa shape index (κ1) is 9.84. The summed E-state index contributed by atoms with van der Waals surface area (Å²) in [5.41, 5.74) is 2.33. The van der Waals surface area contributed by atoms with E-state index in [2.05, 4.69) is 35.1 Å². The molecular weight excluding hydrogens is 162 g/mol. The Labute approximate surface area is 79.8 Å². The van der Waals surface area contributed by atoms with Gasteiger partial charge >= 0.3 is 0 Å². The molecule has 0 radical (unpaired) electrons. The smallest absolute Gasteiger partial charge is 0.128 e. The first-order valence-corrected chi connectivity index (χ1v) is 4.53. The highest BCUT2D eigenvalue weighted by Crippen LogP contribution is 2.17. The molecule has 3 nitrogen and oxygen atoms in total. The fourth-order valence-corrected chi connectivity index (χ4v) is 1.16. The van der Waals surface area contributed by atoms with Crippen molar-refractivity contribution in [2.75, 3.05) is 30.9 Å². The van der Waals surface area contributed by atoms with E-state index in [-0.39, 0.29) is 0 Å². The third kappa shape index (κ3) is 2.34. The van der Waals surface area contributed by atoms with Crippen molar-refractivity contribution >= 4 is 11.5 Å². The van der Waals surface area contributed by atoms with Crippen molar-refractivity contribution in [3.8, 4) is 0 Å². The first-order valence-electron chi connectivity index (χ1n) is 4.53. The molecule has 13 heavy (non-hydrogen) atoms. The Bertz CT molecular complexity index is 281. The van der Waals surface area contributed by atoms with Crippen molar-refractivity contribution in [3.05, 3.63) is 17.8 Å². The lowest BCUT2D eigenvalue weighted by Gasteiger charge is -2.14. The second-order valence-corrected chi connectivity index (χ2v) is 3.28. The third-order valence-electron chi connectivity index (χ3n) is 1.92. The van der Waals surface area contributed by atoms with Crippen LogP contribution in [0.1, 0.15) is 12.5 Å². The van der Waals surface area contributed by atoms with Gasteiger partial charge in [0.15, 0.2) is 0 Å². The fourth-order valence-electron chi connectivity index (χ4n) is 1.16. The number of aryl methyl sites for hydroxylation is 1. The number of hydrogen-bond donors (Lipinski definition) is 1. The van der Waals surface area contributed by atoms with Crippen LogP contribution in [0, 0.1) is 6.92 Å². The Morgan fingerprint density at radius 1 is 1.46 bits per heavy atom. The molecule has 1 N–H and O–H groups in total. The second-order valence-electron chi connectivity index (χ2n) is 3.28. The third-order valence-corrected chi connectivity index (χ3v) is 1.92. The highest BCUT2D eigenvalue weighted by atomic mass is 15.1. The van der Waals surface area contributed by atoms with Crippen LogP contribution in [-0.2, 0) is 0 Å². The zero-order valence-electron chi connectivity index (χ0n) is 8.76. The quantitative estimate of drug-likeness (QED) is 0.768. The summed E-state index contributed by atoms with van der Waals surface area (Å²) in [7, 11) is 4.03. The summed E-state index contributed by atoms with van der Waals surface area (Å²) in [5, 5.41) is 3.21. The Morgan fingerprint density at radius 3 is 2.62 bits per heavy atom. The lowest BCUT2D eigenvalue weighted by Crippen LogP contribution is -2.10. The Hall–Kier alpha value is -1.25. The minimum absolute atomic E-state index is 0.912. The molecule has 0 spiro atoms. The van der Waals surface area contributed by atoms with Gasteiger partial charge in [-0.1, -0.05) is 0 Å². The van der Waals surface area contributed by atoms with Crippen LogP contribution in [-0.4, -0.2) is 25.6 Å². The fraction of sp³-hybridized carbons (Fsp3) is 0.500. The Balaban J connectivity index is 2.92. The number of rotatable bonds is 3. The van der Waals surface area contributed by atoms with Crippen LogP contribution < -0.4 is 10.2 Å². The van der Waals surface area contributed by atoms with Crippen LogP contribution in [0.4, 0.5) is 11.5 Å². The van der Waals surface area contributed by atoms with Gasteiger partial charge in [-0.25, -0.2) is 4.98 Å². The van der Waals surface area contributed by atoms with Gasteiger partial charge in [-0.3, -0.25) is 0 Å². The minimum Gasteiger partial charge on any atom is -0.376 e. The average Bonchev–Trinajstić information content (AvgIpc) is 2.08. The van der Waals surface area contributed by atoms with E-state index in [1.165, 1.54) is 5.56 Å². The van der Waals surface area contributed by atoms with Gasteiger partial charge in [0, 0.05) is 20.6 Å². The van der Waals surface area contributed by atoms with Gasteiger partial charge < -0.3 is 10.2 Å². The maximum atomic E-state index is 4.34. The van der Waals surface area contributed by atoms with E-state index in [1.54, 1.807) is 0 Å². The lowest BCUT2D eigenvalue weighted by molar-refractivity contribution is 1.08. The van der Waals surface area contributed by atoms with Crippen LogP contribution in [0.3, 0.4) is 0 Å². The summed E-state index contributed by atoms with van der Waals surface area (Å²) in [6.07, 6.45) is 1.88. The average molecular weight is 179 g/mol. The standard InChI is InChI=1S/C10H17N3/c1-5-11-10-8(2)6-9(7-12-10)13(3)4/h6-7H,5H2,1-4H3,(H,11,12). The van der Waals surface area contributed by atoms with Gasteiger partial charge in [-0.05, 0) is 25.5 Å². The zero-order valence-corrected chi connectivity index (χ0v) is 8.76. The molecule has 1 aromatic rings. The number of anilines is 2. The van der Waals surface area contributed by atoms with Crippen molar-refractivity contribution < 1.29 is 0 Å². The molecule has 0 saturated heterocycles. The molecule has 0 aromatic carbocycles. The van der Waals surface area contributed by atoms with E-state index in [9.17, 15) is 0 Å². The van der Waals surface area contributed by atoms with Crippen molar-refractivity contribution in [2.45, 2.75) is 13.8 Å². The Morgan fingerprint density at radius 2 is 2.15 bits per heavy atom. The maximum Gasteiger partial charge on any atom is 0.128 e. The molecule has 0 fully saturated rings. The molecule has 0 atom stereocenters. The van der Waals surface area contributed by atoms with Crippen LogP contribution in [0.5, 0.6) is 0 Å². The second kappa shape index (κ2) is 4.12. The summed E-state index contributed by atoms with van der Waals surface area (Å²) in [5.74, 6) is 0.980. The molecule has 72 valence electrons. The van der Waals surface area contributed by atoms with Crippen molar-refractivity contribution in [1.82, 2.24) is 4.98 Å². The number of hydrogen-bond acceptors (Lipinski definition) is 3. The summed E-state index contributed by atoms with van der Waals surface area (Å²) >= 11 is 0. The van der Waals surface area contributed by atoms with E-state index >= 15 is 0 Å². The highest BCUT2D eigenvalue weighted by molar-refractivity contribution is 5.53. The topological polar surface area (TPSA) is 28.2 Å². The van der Waals surface area contributed by atoms with Gasteiger partial charge in [0.1, 0.15) is 5.82 Å². The van der Waals surface area contributed by atoms with Gasteiger partial charge in [-0.2, -0.15) is 0 Å². The lowest BCUT2D eigenvalue weighted by atomic mass is 10.2. The molecule has 0 amide bonds. The first-order chi connectivity index (χ1) is 6.15. The summed E-state index contributed by atoms with van der Waals surface area (Å²) in [6.45, 7) is 5.05. The molecule has 1 aromatic heterocycles. The molecule has 3 heteroatoms. The molecule has 1 rings (SSSR count). The zero-order chi connectivity index (χ0) is 9.84. The largest absolute Gasteiger partial charge is 0.376 e. The minimum atomic E-state index is 0.912. The van der Waals surface area contributed by atoms with Crippen LogP contribution >= 0.6 is 0 Å². The number of pyridine rings is 1. The van der Waals surface area contributed by atoms with Crippen LogP contribution in [0.25, 0.3) is 0 Å². The normalized spacial score (nSPS) is 9.85. The molecule has 0 aliphatic heterocycles. The van der Waals surface area contributed by atoms with Gasteiger partial charge in [0.25, 0.3) is 0 Å².